The summed E-state index contributed by atoms with van der Waals surface area (Å²) in [6, 6.07) is 0. The third-order valence-corrected chi connectivity index (χ3v) is 2.66. The number of hydrogen-bond acceptors (Lipinski definition) is 4. The van der Waals surface area contributed by atoms with E-state index in [9.17, 15) is 0 Å². The number of rotatable bonds is 2. The summed E-state index contributed by atoms with van der Waals surface area (Å²) in [5, 5.41) is 6.49. The van der Waals surface area contributed by atoms with Crippen molar-refractivity contribution in [2.45, 2.75) is 12.3 Å². The largest absolute Gasteiger partial charge is 0.345 e. The fourth-order valence-electron chi connectivity index (χ4n) is 1.89. The molecular formula is C9H15N3O. The summed E-state index contributed by atoms with van der Waals surface area (Å²) >= 11 is 0. The van der Waals surface area contributed by atoms with Crippen molar-refractivity contribution in [1.82, 2.24) is 10.6 Å². The van der Waals surface area contributed by atoms with Gasteiger partial charge in [0, 0.05) is 32.0 Å². The Bertz CT molecular complexity index is 233. The molecule has 1 saturated heterocycles. The minimum atomic E-state index is -0.530. The first-order valence-corrected chi connectivity index (χ1v) is 4.61. The summed E-state index contributed by atoms with van der Waals surface area (Å²) in [6.45, 7) is 2.02. The Morgan fingerprint density at radius 1 is 1.62 bits per heavy atom. The van der Waals surface area contributed by atoms with Gasteiger partial charge in [0.25, 0.3) is 0 Å². The highest BCUT2D eigenvalue weighted by molar-refractivity contribution is 5.72. The summed E-state index contributed by atoms with van der Waals surface area (Å²) in [4.78, 5) is 4.38. The molecule has 2 heterocycles. The molecule has 0 radical (unpaired) electrons. The first-order chi connectivity index (χ1) is 6.37. The number of allylic oxidation sites excluding steroid dienone is 1. The van der Waals surface area contributed by atoms with Gasteiger partial charge >= 0.3 is 0 Å². The molecule has 0 amide bonds. The summed E-state index contributed by atoms with van der Waals surface area (Å²) in [7, 11) is 1.70. The van der Waals surface area contributed by atoms with E-state index in [0.717, 1.165) is 19.5 Å². The second kappa shape index (κ2) is 3.47. The van der Waals surface area contributed by atoms with Crippen LogP contribution in [0.4, 0.5) is 0 Å². The van der Waals surface area contributed by atoms with E-state index >= 15 is 0 Å². The number of nitrogens with zero attached hydrogens (tertiary/aromatic N) is 1. The van der Waals surface area contributed by atoms with E-state index in [1.165, 1.54) is 0 Å². The lowest BCUT2D eigenvalue weighted by Gasteiger charge is -2.34. The zero-order valence-corrected chi connectivity index (χ0v) is 7.79. The second-order valence-corrected chi connectivity index (χ2v) is 3.37. The number of methoxy groups -OCH3 is 1. The molecule has 4 nitrogen and oxygen atoms in total. The van der Waals surface area contributed by atoms with Gasteiger partial charge in [-0.25, -0.2) is 4.99 Å². The Kier molecular flexibility index (Phi) is 2.33. The molecule has 0 aromatic rings. The highest BCUT2D eigenvalue weighted by atomic mass is 16.5. The normalized spacial score (nSPS) is 37.8. The van der Waals surface area contributed by atoms with Crippen molar-refractivity contribution in [3.05, 3.63) is 12.3 Å². The van der Waals surface area contributed by atoms with Crippen LogP contribution in [0.1, 0.15) is 6.42 Å². The lowest BCUT2D eigenvalue weighted by Crippen LogP contribution is -2.51. The topological polar surface area (TPSA) is 45.6 Å². The quantitative estimate of drug-likeness (QED) is 0.634. The Labute approximate surface area is 78.1 Å². The summed E-state index contributed by atoms with van der Waals surface area (Å²) in [5.41, 5.74) is 0. The van der Waals surface area contributed by atoms with Crippen molar-refractivity contribution in [1.29, 1.82) is 0 Å². The van der Waals surface area contributed by atoms with E-state index < -0.39 is 5.85 Å². The van der Waals surface area contributed by atoms with Crippen molar-refractivity contribution in [2.24, 2.45) is 10.9 Å². The molecule has 2 aliphatic heterocycles. The predicted octanol–water partition coefficient (Wildman–Crippen LogP) is 0.0838. The average Bonchev–Trinajstić information content (AvgIpc) is 2.72. The molecule has 2 unspecified atom stereocenters. The van der Waals surface area contributed by atoms with E-state index in [0.29, 0.717) is 5.92 Å². The monoisotopic (exact) mass is 181 g/mol. The highest BCUT2D eigenvalue weighted by Gasteiger charge is 2.39. The lowest BCUT2D eigenvalue weighted by molar-refractivity contribution is -0.0633. The Morgan fingerprint density at radius 3 is 3.08 bits per heavy atom. The van der Waals surface area contributed by atoms with Gasteiger partial charge < -0.3 is 15.4 Å². The van der Waals surface area contributed by atoms with E-state index in [4.69, 9.17) is 4.74 Å². The van der Waals surface area contributed by atoms with Crippen LogP contribution >= 0.6 is 0 Å². The molecule has 0 bridgehead atoms. The van der Waals surface area contributed by atoms with Crippen molar-refractivity contribution in [2.75, 3.05) is 20.2 Å². The Hall–Kier alpha value is -0.870. The molecular weight excluding hydrogens is 166 g/mol. The smallest absolute Gasteiger partial charge is 0.240 e. The molecule has 4 heteroatoms. The van der Waals surface area contributed by atoms with Gasteiger partial charge in [-0.3, -0.25) is 0 Å². The van der Waals surface area contributed by atoms with Crippen molar-refractivity contribution in [3.63, 3.8) is 0 Å². The van der Waals surface area contributed by atoms with E-state index in [-0.39, 0.29) is 0 Å². The van der Waals surface area contributed by atoms with E-state index in [1.54, 1.807) is 13.3 Å². The van der Waals surface area contributed by atoms with E-state index in [2.05, 4.69) is 15.6 Å². The number of ether oxygens (including phenoxy) is 1. The minimum absolute atomic E-state index is 0.415. The van der Waals surface area contributed by atoms with Crippen molar-refractivity contribution in [3.8, 4) is 0 Å². The van der Waals surface area contributed by atoms with Gasteiger partial charge in [0.1, 0.15) is 0 Å². The van der Waals surface area contributed by atoms with Gasteiger partial charge in [-0.2, -0.15) is 0 Å². The summed E-state index contributed by atoms with van der Waals surface area (Å²) in [5.74, 6) is -0.114. The average molecular weight is 181 g/mol. The fourth-order valence-corrected chi connectivity index (χ4v) is 1.89. The molecule has 2 aliphatic rings. The van der Waals surface area contributed by atoms with E-state index in [1.807, 2.05) is 12.3 Å². The molecule has 2 atom stereocenters. The Balaban J connectivity index is 2.14. The molecule has 0 aromatic heterocycles. The van der Waals surface area contributed by atoms with Crippen LogP contribution in [-0.4, -0.2) is 32.3 Å². The summed E-state index contributed by atoms with van der Waals surface area (Å²) < 4.78 is 5.46. The van der Waals surface area contributed by atoms with Crippen LogP contribution in [0, 0.1) is 5.92 Å². The van der Waals surface area contributed by atoms with Crippen LogP contribution in [0.2, 0.25) is 0 Å². The maximum Gasteiger partial charge on any atom is 0.240 e. The molecule has 0 aromatic carbocycles. The van der Waals surface area contributed by atoms with Gasteiger partial charge in [0.2, 0.25) is 5.85 Å². The summed E-state index contributed by atoms with van der Waals surface area (Å²) in [6.07, 6.45) is 6.65. The fraction of sp³-hybridized carbons (Fsp3) is 0.667. The molecule has 1 fully saturated rings. The molecule has 0 aliphatic carbocycles. The van der Waals surface area contributed by atoms with Crippen LogP contribution in [0.3, 0.4) is 0 Å². The molecule has 0 saturated carbocycles. The number of nitrogens with one attached hydrogen (secondary N) is 2. The number of aliphatic imine (C=N–C) groups is 1. The lowest BCUT2D eigenvalue weighted by atomic mass is 10.0. The molecule has 2 rings (SSSR count). The number of hydrogen-bond donors (Lipinski definition) is 2. The van der Waals surface area contributed by atoms with Crippen LogP contribution < -0.4 is 10.6 Å². The standard InChI is InChI=1S/C9H15N3O/c1-13-9(8-3-6-10-7-8)11-4-2-5-12-9/h2,4-5,8,10-11H,3,6-7H2,1H3. The Morgan fingerprint density at radius 2 is 2.54 bits per heavy atom. The van der Waals surface area contributed by atoms with Crippen LogP contribution in [0.5, 0.6) is 0 Å². The zero-order chi connectivity index (χ0) is 9.15. The van der Waals surface area contributed by atoms with Crippen LogP contribution in [0.25, 0.3) is 0 Å². The predicted molar refractivity (Wildman–Crippen MR) is 51.5 cm³/mol. The molecule has 72 valence electrons. The first kappa shape index (κ1) is 8.72. The molecule has 13 heavy (non-hydrogen) atoms. The molecule has 0 spiro atoms. The van der Waals surface area contributed by atoms with Crippen LogP contribution in [0.15, 0.2) is 17.3 Å². The third kappa shape index (κ3) is 1.47. The third-order valence-electron chi connectivity index (χ3n) is 2.66. The second-order valence-electron chi connectivity index (χ2n) is 3.37. The van der Waals surface area contributed by atoms with Gasteiger partial charge in [-0.05, 0) is 19.0 Å². The first-order valence-electron chi connectivity index (χ1n) is 4.61. The van der Waals surface area contributed by atoms with Crippen molar-refractivity contribution < 1.29 is 4.74 Å². The highest BCUT2D eigenvalue weighted by Crippen LogP contribution is 2.26. The van der Waals surface area contributed by atoms with Gasteiger partial charge in [0.15, 0.2) is 0 Å². The van der Waals surface area contributed by atoms with Gasteiger partial charge in [-0.1, -0.05) is 0 Å². The van der Waals surface area contributed by atoms with Gasteiger partial charge in [0.05, 0.1) is 0 Å². The maximum atomic E-state index is 5.46. The SMILES string of the molecule is COC1(C2CCNC2)N=CC=CN1. The van der Waals surface area contributed by atoms with Crippen molar-refractivity contribution >= 4 is 6.21 Å². The maximum absolute atomic E-state index is 5.46. The zero-order valence-electron chi connectivity index (χ0n) is 7.79. The minimum Gasteiger partial charge on any atom is -0.345 e. The van der Waals surface area contributed by atoms with Gasteiger partial charge in [-0.15, -0.1) is 0 Å². The van der Waals surface area contributed by atoms with Crippen LogP contribution in [-0.2, 0) is 4.74 Å². The molecule has 2 N–H and O–H groups in total.